The Morgan fingerprint density at radius 1 is 1.16 bits per heavy atom. The summed E-state index contributed by atoms with van der Waals surface area (Å²) in [6, 6.07) is 13.1. The standard InChI is InChI=1S/C24H26N4O3/c29-22(21-3-1-2-11-25-21)27-16-19-6-8-24(31-19)9-13-28(14-10-24)23(30)18-4-5-20-17(15-18)7-12-26-20/h1-5,7,11-12,15,19,26H,6,8-10,13-14,16H2,(H,27,29). The van der Waals surface area contributed by atoms with E-state index in [1.54, 1.807) is 24.4 Å². The summed E-state index contributed by atoms with van der Waals surface area (Å²) in [5, 5.41) is 3.98. The number of aromatic nitrogens is 2. The maximum Gasteiger partial charge on any atom is 0.269 e. The van der Waals surface area contributed by atoms with Crippen molar-refractivity contribution in [2.24, 2.45) is 0 Å². The minimum atomic E-state index is -0.179. The molecule has 2 N–H and O–H groups in total. The van der Waals surface area contributed by atoms with Crippen molar-refractivity contribution < 1.29 is 14.3 Å². The van der Waals surface area contributed by atoms with Crippen molar-refractivity contribution in [3.05, 3.63) is 66.1 Å². The molecule has 160 valence electrons. The van der Waals surface area contributed by atoms with Gasteiger partial charge in [0.25, 0.3) is 11.8 Å². The number of hydrogen-bond acceptors (Lipinski definition) is 4. The van der Waals surface area contributed by atoms with Gasteiger partial charge in [-0.15, -0.1) is 0 Å². The molecule has 7 nitrogen and oxygen atoms in total. The summed E-state index contributed by atoms with van der Waals surface area (Å²) in [6.45, 7) is 1.87. The summed E-state index contributed by atoms with van der Waals surface area (Å²) in [6.07, 6.45) is 7.05. The molecule has 7 heteroatoms. The molecular weight excluding hydrogens is 392 g/mol. The number of ether oxygens (including phenoxy) is 1. The van der Waals surface area contributed by atoms with Crippen LogP contribution in [0, 0.1) is 0 Å². The predicted molar refractivity (Wildman–Crippen MR) is 117 cm³/mol. The van der Waals surface area contributed by atoms with Crippen molar-refractivity contribution in [2.75, 3.05) is 19.6 Å². The number of aromatic amines is 1. The van der Waals surface area contributed by atoms with Gasteiger partial charge in [-0.1, -0.05) is 6.07 Å². The zero-order chi connectivity index (χ0) is 21.3. The van der Waals surface area contributed by atoms with Crippen molar-refractivity contribution in [1.29, 1.82) is 0 Å². The molecule has 1 unspecified atom stereocenters. The Labute approximate surface area is 180 Å². The molecule has 2 amide bonds. The van der Waals surface area contributed by atoms with E-state index in [-0.39, 0.29) is 23.5 Å². The van der Waals surface area contributed by atoms with E-state index in [1.165, 1.54) is 0 Å². The first kappa shape index (κ1) is 19.8. The molecule has 2 aliphatic heterocycles. The second-order valence-corrected chi connectivity index (χ2v) is 8.46. The highest BCUT2D eigenvalue weighted by atomic mass is 16.5. The molecular formula is C24H26N4O3. The Morgan fingerprint density at radius 2 is 2.03 bits per heavy atom. The first-order valence-electron chi connectivity index (χ1n) is 10.9. The van der Waals surface area contributed by atoms with Crippen molar-refractivity contribution >= 4 is 22.7 Å². The molecule has 2 aromatic heterocycles. The van der Waals surface area contributed by atoms with Crippen LogP contribution in [0.3, 0.4) is 0 Å². The topological polar surface area (TPSA) is 87.3 Å². The Balaban J connectivity index is 1.14. The number of carbonyl (C=O) groups is 2. The number of hydrogen-bond donors (Lipinski definition) is 2. The molecule has 0 saturated carbocycles. The van der Waals surface area contributed by atoms with Gasteiger partial charge in [0, 0.05) is 48.5 Å². The summed E-state index contributed by atoms with van der Waals surface area (Å²) in [4.78, 5) is 34.3. The van der Waals surface area contributed by atoms with Crippen molar-refractivity contribution in [1.82, 2.24) is 20.2 Å². The molecule has 2 aliphatic rings. The number of amides is 2. The quantitative estimate of drug-likeness (QED) is 0.681. The second kappa shape index (κ2) is 8.15. The maximum absolute atomic E-state index is 13.0. The second-order valence-electron chi connectivity index (χ2n) is 8.46. The van der Waals surface area contributed by atoms with E-state index in [2.05, 4.69) is 15.3 Å². The van der Waals surface area contributed by atoms with Crippen molar-refractivity contribution in [3.63, 3.8) is 0 Å². The summed E-state index contributed by atoms with van der Waals surface area (Å²) in [7, 11) is 0. The molecule has 1 atom stereocenters. The lowest BCUT2D eigenvalue weighted by Gasteiger charge is -2.39. The number of nitrogens with zero attached hydrogens (tertiary/aromatic N) is 2. The number of carbonyl (C=O) groups excluding carboxylic acids is 2. The van der Waals surface area contributed by atoms with Crippen LogP contribution in [0.4, 0.5) is 0 Å². The van der Waals surface area contributed by atoms with E-state index < -0.39 is 0 Å². The fourth-order valence-electron chi connectivity index (χ4n) is 4.69. The lowest BCUT2D eigenvalue weighted by atomic mass is 9.88. The Morgan fingerprint density at radius 3 is 2.84 bits per heavy atom. The van der Waals surface area contributed by atoms with Crippen LogP contribution in [-0.2, 0) is 4.74 Å². The van der Waals surface area contributed by atoms with Crippen molar-refractivity contribution in [3.8, 4) is 0 Å². The van der Waals surface area contributed by atoms with E-state index in [0.717, 1.165) is 42.1 Å². The molecule has 2 fully saturated rings. The molecule has 4 heterocycles. The minimum Gasteiger partial charge on any atom is -0.370 e. The Hall–Kier alpha value is -3.19. The third kappa shape index (κ3) is 4.05. The fourth-order valence-corrected chi connectivity index (χ4v) is 4.69. The van der Waals surface area contributed by atoms with E-state index in [0.29, 0.717) is 25.3 Å². The number of fused-ring (bicyclic) bond motifs is 1. The Kier molecular flexibility index (Phi) is 5.19. The van der Waals surface area contributed by atoms with E-state index in [4.69, 9.17) is 4.74 Å². The number of piperidine rings is 1. The molecule has 3 aromatic rings. The number of likely N-dealkylation sites (tertiary alicyclic amines) is 1. The summed E-state index contributed by atoms with van der Waals surface area (Å²) in [5.41, 5.74) is 2.00. The number of benzene rings is 1. The third-order valence-electron chi connectivity index (χ3n) is 6.49. The lowest BCUT2D eigenvalue weighted by Crippen LogP contribution is -2.47. The highest BCUT2D eigenvalue weighted by Gasteiger charge is 2.43. The first-order chi connectivity index (χ1) is 15.1. The van der Waals surface area contributed by atoms with Gasteiger partial charge in [0.2, 0.25) is 0 Å². The van der Waals surface area contributed by atoms with E-state index >= 15 is 0 Å². The van der Waals surface area contributed by atoms with Gasteiger partial charge in [-0.2, -0.15) is 0 Å². The Bertz CT molecular complexity index is 1090. The number of pyridine rings is 1. The van der Waals surface area contributed by atoms with Gasteiger partial charge in [0.05, 0.1) is 11.7 Å². The van der Waals surface area contributed by atoms with E-state index in [9.17, 15) is 9.59 Å². The van der Waals surface area contributed by atoms with Crippen LogP contribution in [0.5, 0.6) is 0 Å². The average molecular weight is 418 g/mol. The van der Waals surface area contributed by atoms with Crippen molar-refractivity contribution in [2.45, 2.75) is 37.4 Å². The first-order valence-corrected chi connectivity index (χ1v) is 10.9. The summed E-state index contributed by atoms with van der Waals surface area (Å²) in [5.74, 6) is -0.0971. The number of nitrogens with one attached hydrogen (secondary N) is 2. The SMILES string of the molecule is O=C(NCC1CCC2(CCN(C(=O)c3ccc4[nH]ccc4c3)CC2)O1)c1ccccn1. The van der Waals surface area contributed by atoms with Crippen LogP contribution in [0.25, 0.3) is 10.9 Å². The lowest BCUT2D eigenvalue weighted by molar-refractivity contribution is -0.0712. The van der Waals surface area contributed by atoms with Gasteiger partial charge in [0.1, 0.15) is 5.69 Å². The maximum atomic E-state index is 13.0. The molecule has 0 aliphatic carbocycles. The van der Waals surface area contributed by atoms with Crippen LogP contribution in [0.15, 0.2) is 54.9 Å². The highest BCUT2D eigenvalue weighted by Crippen LogP contribution is 2.39. The molecule has 0 radical (unpaired) electrons. The predicted octanol–water partition coefficient (Wildman–Crippen LogP) is 3.15. The number of rotatable bonds is 4. The highest BCUT2D eigenvalue weighted by molar-refractivity contribution is 5.98. The smallest absolute Gasteiger partial charge is 0.269 e. The van der Waals surface area contributed by atoms with E-state index in [1.807, 2.05) is 35.4 Å². The fraction of sp³-hybridized carbons (Fsp3) is 0.375. The van der Waals surface area contributed by atoms with Gasteiger partial charge < -0.3 is 19.9 Å². The van der Waals surface area contributed by atoms with Crippen LogP contribution in [0.2, 0.25) is 0 Å². The zero-order valence-corrected chi connectivity index (χ0v) is 17.3. The van der Waals surface area contributed by atoms with Gasteiger partial charge in [0.15, 0.2) is 0 Å². The summed E-state index contributed by atoms with van der Waals surface area (Å²) < 4.78 is 6.38. The van der Waals surface area contributed by atoms with Crippen LogP contribution in [-0.4, -0.2) is 58.0 Å². The van der Waals surface area contributed by atoms with Gasteiger partial charge in [-0.05, 0) is 62.1 Å². The largest absolute Gasteiger partial charge is 0.370 e. The number of H-pyrrole nitrogens is 1. The molecule has 5 rings (SSSR count). The van der Waals surface area contributed by atoms with Gasteiger partial charge in [-0.25, -0.2) is 0 Å². The molecule has 0 bridgehead atoms. The average Bonchev–Trinajstić information content (AvgIpc) is 3.45. The molecule has 31 heavy (non-hydrogen) atoms. The monoisotopic (exact) mass is 418 g/mol. The van der Waals surface area contributed by atoms with Gasteiger partial charge >= 0.3 is 0 Å². The zero-order valence-electron chi connectivity index (χ0n) is 17.3. The normalized spacial score (nSPS) is 20.3. The van der Waals surface area contributed by atoms with Crippen LogP contribution >= 0.6 is 0 Å². The third-order valence-corrected chi connectivity index (χ3v) is 6.49. The van der Waals surface area contributed by atoms with Crippen LogP contribution < -0.4 is 5.32 Å². The molecule has 1 spiro atoms. The van der Waals surface area contributed by atoms with Gasteiger partial charge in [-0.3, -0.25) is 14.6 Å². The molecule has 1 aromatic carbocycles. The minimum absolute atomic E-state index is 0.00547. The molecule has 2 saturated heterocycles. The summed E-state index contributed by atoms with van der Waals surface area (Å²) >= 11 is 0. The van der Waals surface area contributed by atoms with Crippen LogP contribution in [0.1, 0.15) is 46.5 Å².